The number of nitro groups is 2. The Balaban J connectivity index is 1.79. The number of rotatable bonds is 6. The maximum atomic E-state index is 11.9. The zero-order valence-corrected chi connectivity index (χ0v) is 12.7. The van der Waals surface area contributed by atoms with Crippen molar-refractivity contribution in [3.8, 4) is 5.75 Å². The molecule has 10 heteroatoms. The van der Waals surface area contributed by atoms with Gasteiger partial charge in [-0.05, 0) is 12.1 Å². The number of oxazole rings is 1. The second kappa shape index (κ2) is 6.43. The molecule has 3 rings (SSSR count). The summed E-state index contributed by atoms with van der Waals surface area (Å²) in [6.45, 7) is 0.0914. The van der Waals surface area contributed by atoms with Gasteiger partial charge in [-0.3, -0.25) is 24.8 Å². The first-order valence-electron chi connectivity index (χ1n) is 7.11. The standard InChI is InChI=1S/C15H11N3O7/c19-15-16(13-9-11(18(22)23)4-5-14(13)25-15)6-7-24-12-3-1-2-10(8-12)17(20)21/h1-5,8-9H,6-7H2. The molecule has 0 aliphatic heterocycles. The van der Waals surface area contributed by atoms with Crippen molar-refractivity contribution in [3.05, 3.63) is 73.2 Å². The largest absolute Gasteiger partial charge is 0.491 e. The fourth-order valence-corrected chi connectivity index (χ4v) is 2.32. The van der Waals surface area contributed by atoms with Crippen molar-refractivity contribution >= 4 is 22.5 Å². The van der Waals surface area contributed by atoms with Gasteiger partial charge in [0.25, 0.3) is 11.4 Å². The zero-order valence-electron chi connectivity index (χ0n) is 12.7. The highest BCUT2D eigenvalue weighted by Gasteiger charge is 2.14. The summed E-state index contributed by atoms with van der Waals surface area (Å²) in [6, 6.07) is 9.47. The molecule has 0 radical (unpaired) electrons. The van der Waals surface area contributed by atoms with Crippen LogP contribution in [0.5, 0.6) is 5.75 Å². The molecule has 0 aliphatic rings. The van der Waals surface area contributed by atoms with Gasteiger partial charge in [0.1, 0.15) is 12.4 Å². The smallest absolute Gasteiger partial charge is 0.420 e. The third-order valence-electron chi connectivity index (χ3n) is 3.47. The minimum absolute atomic E-state index is 0.0262. The molecule has 0 saturated heterocycles. The van der Waals surface area contributed by atoms with Crippen LogP contribution >= 0.6 is 0 Å². The molecule has 128 valence electrons. The molecule has 0 unspecified atom stereocenters. The van der Waals surface area contributed by atoms with E-state index in [9.17, 15) is 25.0 Å². The Morgan fingerprint density at radius 1 is 1.04 bits per heavy atom. The van der Waals surface area contributed by atoms with Crippen LogP contribution in [0.1, 0.15) is 0 Å². The number of hydrogen-bond acceptors (Lipinski definition) is 7. The van der Waals surface area contributed by atoms with Crippen molar-refractivity contribution in [2.24, 2.45) is 0 Å². The van der Waals surface area contributed by atoms with Crippen molar-refractivity contribution in [2.75, 3.05) is 6.61 Å². The second-order valence-corrected chi connectivity index (χ2v) is 5.03. The summed E-state index contributed by atoms with van der Waals surface area (Å²) in [6.07, 6.45) is 0. The first kappa shape index (κ1) is 16.2. The van der Waals surface area contributed by atoms with Gasteiger partial charge in [-0.25, -0.2) is 4.79 Å². The molecule has 0 aliphatic carbocycles. The Kier molecular flexibility index (Phi) is 4.16. The number of benzene rings is 2. The Morgan fingerprint density at radius 3 is 2.48 bits per heavy atom. The summed E-state index contributed by atoms with van der Waals surface area (Å²) in [5.41, 5.74) is 0.230. The fraction of sp³-hybridized carbons (Fsp3) is 0.133. The van der Waals surface area contributed by atoms with Crippen molar-refractivity contribution in [3.63, 3.8) is 0 Å². The lowest BCUT2D eigenvalue weighted by atomic mass is 10.3. The average Bonchev–Trinajstić information content (AvgIpc) is 2.90. The third kappa shape index (κ3) is 3.32. The molecule has 0 amide bonds. The lowest BCUT2D eigenvalue weighted by molar-refractivity contribution is -0.385. The second-order valence-electron chi connectivity index (χ2n) is 5.03. The van der Waals surface area contributed by atoms with E-state index in [-0.39, 0.29) is 41.4 Å². The van der Waals surface area contributed by atoms with Crippen LogP contribution in [-0.4, -0.2) is 21.0 Å². The van der Waals surface area contributed by atoms with E-state index in [2.05, 4.69) is 0 Å². The SMILES string of the molecule is O=c1oc2ccc([N+](=O)[O-])cc2n1CCOc1cccc([N+](=O)[O-])c1. The molecule has 0 bridgehead atoms. The highest BCUT2D eigenvalue weighted by molar-refractivity contribution is 5.75. The van der Waals surface area contributed by atoms with Gasteiger partial charge in [-0.2, -0.15) is 0 Å². The van der Waals surface area contributed by atoms with E-state index in [4.69, 9.17) is 9.15 Å². The van der Waals surface area contributed by atoms with Crippen molar-refractivity contribution < 1.29 is 19.0 Å². The Morgan fingerprint density at radius 2 is 1.76 bits per heavy atom. The van der Waals surface area contributed by atoms with Gasteiger partial charge in [0.05, 0.1) is 28.0 Å². The Labute approximate surface area is 139 Å². The van der Waals surface area contributed by atoms with E-state index >= 15 is 0 Å². The van der Waals surface area contributed by atoms with Crippen LogP contribution in [0.15, 0.2) is 51.7 Å². The molecule has 1 heterocycles. The number of ether oxygens (including phenoxy) is 1. The molecule has 1 aromatic heterocycles. The van der Waals surface area contributed by atoms with E-state index in [1.807, 2.05) is 0 Å². The van der Waals surface area contributed by atoms with Gasteiger partial charge >= 0.3 is 5.76 Å². The quantitative estimate of drug-likeness (QED) is 0.495. The highest BCUT2D eigenvalue weighted by atomic mass is 16.6. The van der Waals surface area contributed by atoms with Crippen LogP contribution in [0.25, 0.3) is 11.1 Å². The molecule has 0 atom stereocenters. The minimum atomic E-state index is -0.668. The fourth-order valence-electron chi connectivity index (χ4n) is 2.32. The van der Waals surface area contributed by atoms with E-state index in [1.54, 1.807) is 6.07 Å². The van der Waals surface area contributed by atoms with Gasteiger partial charge < -0.3 is 9.15 Å². The van der Waals surface area contributed by atoms with Crippen LogP contribution in [0, 0.1) is 20.2 Å². The third-order valence-corrected chi connectivity index (χ3v) is 3.47. The van der Waals surface area contributed by atoms with Crippen LogP contribution in [0.3, 0.4) is 0 Å². The first-order valence-corrected chi connectivity index (χ1v) is 7.11. The van der Waals surface area contributed by atoms with Crippen LogP contribution in [0.4, 0.5) is 11.4 Å². The molecule has 0 spiro atoms. The number of fused-ring (bicyclic) bond motifs is 1. The molecule has 10 nitrogen and oxygen atoms in total. The molecule has 3 aromatic rings. The summed E-state index contributed by atoms with van der Waals surface area (Å²) in [7, 11) is 0. The molecule has 0 saturated carbocycles. The van der Waals surface area contributed by atoms with E-state index in [0.717, 1.165) is 0 Å². The van der Waals surface area contributed by atoms with Crippen molar-refractivity contribution in [1.29, 1.82) is 0 Å². The monoisotopic (exact) mass is 345 g/mol. The topological polar surface area (TPSA) is 131 Å². The summed E-state index contributed by atoms with van der Waals surface area (Å²) >= 11 is 0. The Hall–Kier alpha value is -3.69. The van der Waals surface area contributed by atoms with E-state index in [1.165, 1.54) is 41.0 Å². The van der Waals surface area contributed by atoms with Crippen molar-refractivity contribution in [1.82, 2.24) is 4.57 Å². The van der Waals surface area contributed by atoms with Crippen LogP contribution in [0.2, 0.25) is 0 Å². The maximum Gasteiger partial charge on any atom is 0.420 e. The Bertz CT molecular complexity index is 1020. The minimum Gasteiger partial charge on any atom is -0.491 e. The van der Waals surface area contributed by atoms with Gasteiger partial charge in [-0.1, -0.05) is 6.07 Å². The van der Waals surface area contributed by atoms with Crippen LogP contribution in [-0.2, 0) is 6.54 Å². The molecule has 2 aromatic carbocycles. The number of nitrogens with zero attached hydrogens (tertiary/aromatic N) is 3. The summed E-state index contributed by atoms with van der Waals surface area (Å²) in [5.74, 6) is -0.390. The van der Waals surface area contributed by atoms with E-state index in [0.29, 0.717) is 0 Å². The molecule has 25 heavy (non-hydrogen) atoms. The maximum absolute atomic E-state index is 11.9. The average molecular weight is 345 g/mol. The summed E-state index contributed by atoms with van der Waals surface area (Å²) in [5, 5.41) is 21.6. The van der Waals surface area contributed by atoms with Crippen LogP contribution < -0.4 is 10.5 Å². The van der Waals surface area contributed by atoms with Gasteiger partial charge in [0, 0.05) is 18.2 Å². The van der Waals surface area contributed by atoms with Crippen molar-refractivity contribution in [2.45, 2.75) is 6.54 Å². The number of hydrogen-bond donors (Lipinski definition) is 0. The normalized spacial score (nSPS) is 10.7. The molecule has 0 fully saturated rings. The molecular formula is C15H11N3O7. The summed E-state index contributed by atoms with van der Waals surface area (Å²) in [4.78, 5) is 32.4. The number of non-ortho nitro benzene ring substituents is 2. The first-order chi connectivity index (χ1) is 12.0. The molecular weight excluding hydrogens is 334 g/mol. The highest BCUT2D eigenvalue weighted by Crippen LogP contribution is 2.21. The lowest BCUT2D eigenvalue weighted by Crippen LogP contribution is -2.18. The zero-order chi connectivity index (χ0) is 18.0. The number of nitro benzene ring substituents is 2. The van der Waals surface area contributed by atoms with Gasteiger partial charge in [-0.15, -0.1) is 0 Å². The molecule has 0 N–H and O–H groups in total. The van der Waals surface area contributed by atoms with E-state index < -0.39 is 15.6 Å². The summed E-state index contributed by atoms with van der Waals surface area (Å²) < 4.78 is 11.6. The predicted octanol–water partition coefficient (Wildman–Crippen LogP) is 2.49. The van der Waals surface area contributed by atoms with Gasteiger partial charge in [0.2, 0.25) is 0 Å². The van der Waals surface area contributed by atoms with Gasteiger partial charge in [0.15, 0.2) is 5.58 Å². The predicted molar refractivity (Wildman–Crippen MR) is 85.7 cm³/mol. The number of aromatic nitrogens is 1. The lowest BCUT2D eigenvalue weighted by Gasteiger charge is -2.06.